The van der Waals surface area contributed by atoms with Gasteiger partial charge in [0.1, 0.15) is 5.75 Å². The van der Waals surface area contributed by atoms with Gasteiger partial charge in [0.05, 0.1) is 28.9 Å². The van der Waals surface area contributed by atoms with E-state index in [-0.39, 0.29) is 5.91 Å². The van der Waals surface area contributed by atoms with Crippen LogP contribution in [0.1, 0.15) is 41.6 Å². The highest BCUT2D eigenvalue weighted by atomic mass is 35.5. The Morgan fingerprint density at radius 2 is 1.70 bits per heavy atom. The monoisotopic (exact) mass is 466 g/mol. The zero-order valence-electron chi connectivity index (χ0n) is 19.0. The summed E-state index contributed by atoms with van der Waals surface area (Å²) in [6.07, 6.45) is 5.01. The van der Waals surface area contributed by atoms with E-state index < -0.39 is 0 Å². The van der Waals surface area contributed by atoms with Crippen LogP contribution in [0.4, 0.5) is 5.69 Å². The number of hydrogen-bond acceptors (Lipinski definition) is 5. The number of amides is 1. The largest absolute Gasteiger partial charge is 0.493 e. The number of ether oxygens (including phenoxy) is 1. The van der Waals surface area contributed by atoms with Gasteiger partial charge in [-0.05, 0) is 68.8 Å². The number of nitriles is 1. The van der Waals surface area contributed by atoms with E-state index in [9.17, 15) is 4.79 Å². The van der Waals surface area contributed by atoms with E-state index >= 15 is 0 Å². The molecule has 0 N–H and O–H groups in total. The summed E-state index contributed by atoms with van der Waals surface area (Å²) in [5.74, 6) is 0.801. The molecule has 2 heterocycles. The van der Waals surface area contributed by atoms with Crippen molar-refractivity contribution in [1.82, 2.24) is 9.80 Å². The van der Waals surface area contributed by atoms with Crippen molar-refractivity contribution in [1.29, 1.82) is 5.26 Å². The molecule has 7 heteroatoms. The Kier molecular flexibility index (Phi) is 8.09. The van der Waals surface area contributed by atoms with Gasteiger partial charge in [0, 0.05) is 44.4 Å². The van der Waals surface area contributed by atoms with Crippen molar-refractivity contribution in [2.75, 3.05) is 57.3 Å². The molecular weight excluding hydrogens is 436 g/mol. The molecule has 0 saturated carbocycles. The van der Waals surface area contributed by atoms with Crippen molar-refractivity contribution in [3.8, 4) is 11.8 Å². The minimum atomic E-state index is -0.00135. The van der Waals surface area contributed by atoms with Crippen molar-refractivity contribution < 1.29 is 9.53 Å². The van der Waals surface area contributed by atoms with Gasteiger partial charge in [0.15, 0.2) is 0 Å². The zero-order valence-corrected chi connectivity index (χ0v) is 19.8. The van der Waals surface area contributed by atoms with Crippen LogP contribution in [0.2, 0.25) is 5.02 Å². The highest BCUT2D eigenvalue weighted by molar-refractivity contribution is 6.33. The second-order valence-electron chi connectivity index (χ2n) is 8.69. The summed E-state index contributed by atoms with van der Waals surface area (Å²) in [4.78, 5) is 19.3. The summed E-state index contributed by atoms with van der Waals surface area (Å²) in [6, 6.07) is 14.8. The summed E-state index contributed by atoms with van der Waals surface area (Å²) in [5, 5.41) is 9.60. The molecule has 174 valence electrons. The first-order valence-corrected chi connectivity index (χ1v) is 12.2. The van der Waals surface area contributed by atoms with Crippen LogP contribution < -0.4 is 9.64 Å². The average Bonchev–Trinajstić information content (AvgIpc) is 2.87. The Hall–Kier alpha value is -2.75. The van der Waals surface area contributed by atoms with E-state index in [1.807, 2.05) is 23.1 Å². The number of benzene rings is 2. The zero-order chi connectivity index (χ0) is 23.0. The van der Waals surface area contributed by atoms with Crippen LogP contribution in [-0.2, 0) is 0 Å². The molecule has 0 spiro atoms. The van der Waals surface area contributed by atoms with Crippen LogP contribution in [0.5, 0.6) is 5.75 Å². The summed E-state index contributed by atoms with van der Waals surface area (Å²) >= 11 is 6.58. The van der Waals surface area contributed by atoms with Gasteiger partial charge >= 0.3 is 0 Å². The van der Waals surface area contributed by atoms with Gasteiger partial charge in [-0.25, -0.2) is 0 Å². The SMILES string of the molecule is N#Cc1ccc(C(=O)N2CCN(c3ccc(OCCCN4CCCCC4)cc3Cl)CC2)cc1. The molecule has 6 nitrogen and oxygen atoms in total. The molecular formula is C26H31ClN4O2. The lowest BCUT2D eigenvalue weighted by atomic mass is 10.1. The standard InChI is InChI=1S/C26H31ClN4O2/c27-24-19-23(33-18-4-13-29-11-2-1-3-12-29)9-10-25(24)30-14-16-31(17-15-30)26(32)22-7-5-21(20-28)6-8-22/h5-10,19H,1-4,11-18H2. The Bertz CT molecular complexity index is 975. The summed E-state index contributed by atoms with van der Waals surface area (Å²) in [6.45, 7) is 6.92. The Balaban J connectivity index is 1.24. The lowest BCUT2D eigenvalue weighted by Gasteiger charge is -2.36. The predicted molar refractivity (Wildman–Crippen MR) is 131 cm³/mol. The topological polar surface area (TPSA) is 59.8 Å². The molecule has 1 amide bonds. The number of carbonyl (C=O) groups is 1. The van der Waals surface area contributed by atoms with Gasteiger partial charge in [-0.3, -0.25) is 4.79 Å². The highest BCUT2D eigenvalue weighted by Gasteiger charge is 2.23. The molecule has 0 radical (unpaired) electrons. The quantitative estimate of drug-likeness (QED) is 0.565. The Morgan fingerprint density at radius 1 is 0.970 bits per heavy atom. The fourth-order valence-corrected chi connectivity index (χ4v) is 4.81. The normalized spacial score (nSPS) is 17.0. The van der Waals surface area contributed by atoms with E-state index in [1.165, 1.54) is 32.4 Å². The van der Waals surface area contributed by atoms with E-state index in [0.29, 0.717) is 35.8 Å². The average molecular weight is 467 g/mol. The molecule has 2 saturated heterocycles. The maximum atomic E-state index is 12.8. The van der Waals surface area contributed by atoms with E-state index in [4.69, 9.17) is 21.6 Å². The van der Waals surface area contributed by atoms with Crippen LogP contribution in [0, 0.1) is 11.3 Å². The van der Waals surface area contributed by atoms with E-state index in [0.717, 1.165) is 37.5 Å². The Morgan fingerprint density at radius 3 is 2.36 bits per heavy atom. The molecule has 4 rings (SSSR count). The molecule has 0 unspecified atom stereocenters. The second-order valence-corrected chi connectivity index (χ2v) is 9.09. The van der Waals surface area contributed by atoms with Gasteiger partial charge in [-0.1, -0.05) is 18.0 Å². The first-order valence-electron chi connectivity index (χ1n) is 11.8. The number of anilines is 1. The van der Waals surface area contributed by atoms with Gasteiger partial charge in [-0.2, -0.15) is 5.26 Å². The van der Waals surface area contributed by atoms with Crippen LogP contribution >= 0.6 is 11.6 Å². The third kappa shape index (κ3) is 6.19. The lowest BCUT2D eigenvalue weighted by Crippen LogP contribution is -2.48. The number of piperidine rings is 1. The molecule has 2 aromatic rings. The van der Waals surface area contributed by atoms with Crippen molar-refractivity contribution in [2.24, 2.45) is 0 Å². The molecule has 0 atom stereocenters. The first-order chi connectivity index (χ1) is 16.1. The van der Waals surface area contributed by atoms with Crippen molar-refractivity contribution in [3.05, 3.63) is 58.6 Å². The molecule has 2 aromatic carbocycles. The minimum absolute atomic E-state index is 0.00135. The van der Waals surface area contributed by atoms with Crippen LogP contribution in [0.25, 0.3) is 0 Å². The number of piperazine rings is 1. The maximum Gasteiger partial charge on any atom is 0.253 e. The van der Waals surface area contributed by atoms with E-state index in [2.05, 4.69) is 15.9 Å². The third-order valence-electron chi connectivity index (χ3n) is 6.42. The number of nitrogens with zero attached hydrogens (tertiary/aromatic N) is 4. The second kappa shape index (κ2) is 11.4. The summed E-state index contributed by atoms with van der Waals surface area (Å²) in [7, 11) is 0. The van der Waals surface area contributed by atoms with E-state index in [1.54, 1.807) is 24.3 Å². The molecule has 0 aromatic heterocycles. The molecule has 2 aliphatic heterocycles. The van der Waals surface area contributed by atoms with Crippen LogP contribution in [0.15, 0.2) is 42.5 Å². The molecule has 0 aliphatic carbocycles. The highest BCUT2D eigenvalue weighted by Crippen LogP contribution is 2.31. The van der Waals surface area contributed by atoms with Gasteiger partial charge in [-0.15, -0.1) is 0 Å². The lowest BCUT2D eigenvalue weighted by molar-refractivity contribution is 0.0747. The van der Waals surface area contributed by atoms with Gasteiger partial charge in [0.2, 0.25) is 0 Å². The smallest absolute Gasteiger partial charge is 0.253 e. The van der Waals surface area contributed by atoms with Crippen molar-refractivity contribution >= 4 is 23.2 Å². The summed E-state index contributed by atoms with van der Waals surface area (Å²) in [5.41, 5.74) is 2.14. The number of carbonyl (C=O) groups excluding carboxylic acids is 1. The number of likely N-dealkylation sites (tertiary alicyclic amines) is 1. The first kappa shape index (κ1) is 23.4. The fraction of sp³-hybridized carbons (Fsp3) is 0.462. The van der Waals surface area contributed by atoms with Crippen LogP contribution in [-0.4, -0.2) is 68.1 Å². The van der Waals surface area contributed by atoms with Crippen molar-refractivity contribution in [3.63, 3.8) is 0 Å². The molecule has 2 fully saturated rings. The number of halogens is 1. The van der Waals surface area contributed by atoms with Crippen molar-refractivity contribution in [2.45, 2.75) is 25.7 Å². The molecule has 2 aliphatic rings. The Labute approximate surface area is 201 Å². The minimum Gasteiger partial charge on any atom is -0.493 e. The fourth-order valence-electron chi connectivity index (χ4n) is 4.52. The van der Waals surface area contributed by atoms with Gasteiger partial charge < -0.3 is 19.4 Å². The third-order valence-corrected chi connectivity index (χ3v) is 6.73. The maximum absolute atomic E-state index is 12.8. The number of hydrogen-bond donors (Lipinski definition) is 0. The van der Waals surface area contributed by atoms with Crippen LogP contribution in [0.3, 0.4) is 0 Å². The number of rotatable bonds is 7. The molecule has 33 heavy (non-hydrogen) atoms. The van der Waals surface area contributed by atoms with Gasteiger partial charge in [0.25, 0.3) is 5.91 Å². The summed E-state index contributed by atoms with van der Waals surface area (Å²) < 4.78 is 5.93. The molecule has 0 bridgehead atoms. The predicted octanol–water partition coefficient (Wildman–Crippen LogP) is 4.43.